The molecule has 1 aliphatic heterocycles. The lowest BCUT2D eigenvalue weighted by Gasteiger charge is -2.22. The largest absolute Gasteiger partial charge is 0.433 e. The molecule has 1 saturated heterocycles. The van der Waals surface area contributed by atoms with Crippen molar-refractivity contribution >= 4 is 11.9 Å². The maximum Gasteiger partial charge on any atom is 0.433 e. The number of carbonyl (C=O) groups excluding carboxylic acids is 1. The lowest BCUT2D eigenvalue weighted by Crippen LogP contribution is -2.35. The summed E-state index contributed by atoms with van der Waals surface area (Å²) in [6.45, 7) is 3.61. The molecule has 0 N–H and O–H groups in total. The lowest BCUT2D eigenvalue weighted by molar-refractivity contribution is -0.141. The minimum absolute atomic E-state index is 0.0337. The topological polar surface area (TPSA) is 62.2 Å². The van der Waals surface area contributed by atoms with E-state index >= 15 is 0 Å². The van der Waals surface area contributed by atoms with Crippen LogP contribution in [-0.2, 0) is 6.18 Å². The fourth-order valence-corrected chi connectivity index (χ4v) is 2.83. The molecule has 1 fully saturated rings. The van der Waals surface area contributed by atoms with Gasteiger partial charge in [-0.3, -0.25) is 9.78 Å². The molecule has 0 saturated carbocycles. The number of carbonyl (C=O) groups is 1. The number of alkyl halides is 3. The van der Waals surface area contributed by atoms with Gasteiger partial charge in [0.25, 0.3) is 5.91 Å². The van der Waals surface area contributed by atoms with E-state index in [-0.39, 0.29) is 11.9 Å². The number of hydrogen-bond donors (Lipinski definition) is 0. The molecule has 3 rings (SSSR count). The fourth-order valence-electron chi connectivity index (χ4n) is 2.83. The number of hydrogen-bond acceptors (Lipinski definition) is 5. The fraction of sp³-hybridized carbons (Fsp3) is 0.412. The average molecular weight is 365 g/mol. The van der Waals surface area contributed by atoms with E-state index < -0.39 is 11.9 Å². The zero-order chi connectivity index (χ0) is 18.7. The molecule has 1 aliphatic rings. The minimum Gasteiger partial charge on any atom is -0.339 e. The molecule has 1 amide bonds. The highest BCUT2D eigenvalue weighted by atomic mass is 19.4. The highest BCUT2D eigenvalue weighted by molar-refractivity contribution is 5.94. The molecule has 0 aliphatic carbocycles. The van der Waals surface area contributed by atoms with Crippen LogP contribution in [-0.4, -0.2) is 51.9 Å². The van der Waals surface area contributed by atoms with E-state index in [1.807, 2.05) is 6.92 Å². The summed E-state index contributed by atoms with van der Waals surface area (Å²) in [5, 5.41) is 0. The van der Waals surface area contributed by atoms with Crippen LogP contribution in [0.2, 0.25) is 0 Å². The number of halogens is 3. The molecule has 3 heterocycles. The molecule has 138 valence electrons. The van der Waals surface area contributed by atoms with Crippen molar-refractivity contribution in [2.75, 3.05) is 31.1 Å². The molecule has 26 heavy (non-hydrogen) atoms. The normalized spacial score (nSPS) is 15.7. The SMILES string of the molecule is Cc1cncc(C(=O)N2CCCN(c3nccc(C(F)(F)F)n3)CC2)c1. The van der Waals surface area contributed by atoms with E-state index in [1.165, 1.54) is 6.20 Å². The van der Waals surface area contributed by atoms with Gasteiger partial charge in [-0.1, -0.05) is 0 Å². The Morgan fingerprint density at radius 1 is 1.15 bits per heavy atom. The third-order valence-electron chi connectivity index (χ3n) is 4.12. The number of aryl methyl sites for hydroxylation is 1. The zero-order valence-corrected chi connectivity index (χ0v) is 14.2. The van der Waals surface area contributed by atoms with Gasteiger partial charge < -0.3 is 9.80 Å². The van der Waals surface area contributed by atoms with Gasteiger partial charge in [-0.15, -0.1) is 0 Å². The van der Waals surface area contributed by atoms with Crippen LogP contribution in [0.25, 0.3) is 0 Å². The van der Waals surface area contributed by atoms with E-state index in [4.69, 9.17) is 0 Å². The minimum atomic E-state index is -4.51. The monoisotopic (exact) mass is 365 g/mol. The summed E-state index contributed by atoms with van der Waals surface area (Å²) in [4.78, 5) is 27.6. The first-order valence-electron chi connectivity index (χ1n) is 8.21. The van der Waals surface area contributed by atoms with Gasteiger partial charge in [-0.2, -0.15) is 13.2 Å². The second kappa shape index (κ2) is 7.27. The number of anilines is 1. The summed E-state index contributed by atoms with van der Waals surface area (Å²) >= 11 is 0. The zero-order valence-electron chi connectivity index (χ0n) is 14.2. The van der Waals surface area contributed by atoms with Crippen molar-refractivity contribution in [2.45, 2.75) is 19.5 Å². The Labute approximate surface area is 148 Å². The van der Waals surface area contributed by atoms with Gasteiger partial charge in [-0.05, 0) is 31.0 Å². The number of rotatable bonds is 2. The van der Waals surface area contributed by atoms with E-state index in [2.05, 4.69) is 15.0 Å². The highest BCUT2D eigenvalue weighted by Crippen LogP contribution is 2.28. The third kappa shape index (κ3) is 4.09. The first-order valence-corrected chi connectivity index (χ1v) is 8.21. The van der Waals surface area contributed by atoms with Crippen molar-refractivity contribution in [1.29, 1.82) is 0 Å². The summed E-state index contributed by atoms with van der Waals surface area (Å²) < 4.78 is 38.5. The van der Waals surface area contributed by atoms with E-state index in [9.17, 15) is 18.0 Å². The molecule has 0 radical (unpaired) electrons. The Bertz CT molecular complexity index is 796. The third-order valence-corrected chi connectivity index (χ3v) is 4.12. The van der Waals surface area contributed by atoms with Gasteiger partial charge in [0.15, 0.2) is 0 Å². The summed E-state index contributed by atoms with van der Waals surface area (Å²) in [6, 6.07) is 2.62. The number of aromatic nitrogens is 3. The van der Waals surface area contributed by atoms with Crippen LogP contribution in [0, 0.1) is 6.92 Å². The van der Waals surface area contributed by atoms with Gasteiger partial charge in [0, 0.05) is 44.8 Å². The van der Waals surface area contributed by atoms with Crippen molar-refractivity contribution in [3.8, 4) is 0 Å². The molecule has 0 atom stereocenters. The predicted octanol–water partition coefficient (Wildman–Crippen LogP) is 2.55. The highest BCUT2D eigenvalue weighted by Gasteiger charge is 2.33. The molecule has 0 unspecified atom stereocenters. The van der Waals surface area contributed by atoms with Gasteiger partial charge >= 0.3 is 6.18 Å². The first-order chi connectivity index (χ1) is 12.3. The molecular weight excluding hydrogens is 347 g/mol. The van der Waals surface area contributed by atoms with Crippen molar-refractivity contribution in [3.05, 3.63) is 47.5 Å². The van der Waals surface area contributed by atoms with Crippen LogP contribution < -0.4 is 4.90 Å². The molecule has 0 bridgehead atoms. The maximum absolute atomic E-state index is 12.8. The number of pyridine rings is 1. The van der Waals surface area contributed by atoms with E-state index in [0.29, 0.717) is 38.2 Å². The van der Waals surface area contributed by atoms with Crippen LogP contribution >= 0.6 is 0 Å². The first kappa shape index (κ1) is 18.1. The Hall–Kier alpha value is -2.71. The Balaban J connectivity index is 1.72. The van der Waals surface area contributed by atoms with Gasteiger partial charge in [0.2, 0.25) is 5.95 Å². The van der Waals surface area contributed by atoms with Gasteiger partial charge in [0.1, 0.15) is 5.69 Å². The second-order valence-corrected chi connectivity index (χ2v) is 6.12. The van der Waals surface area contributed by atoms with Crippen molar-refractivity contribution in [1.82, 2.24) is 19.9 Å². The average Bonchev–Trinajstić information content (AvgIpc) is 2.87. The van der Waals surface area contributed by atoms with Crippen molar-refractivity contribution in [3.63, 3.8) is 0 Å². The molecule has 0 aromatic carbocycles. The molecular formula is C17H18F3N5O. The Kier molecular flexibility index (Phi) is 5.06. The van der Waals surface area contributed by atoms with Crippen LogP contribution in [0.3, 0.4) is 0 Å². The Morgan fingerprint density at radius 3 is 2.69 bits per heavy atom. The Morgan fingerprint density at radius 2 is 1.96 bits per heavy atom. The smallest absolute Gasteiger partial charge is 0.339 e. The maximum atomic E-state index is 12.8. The molecule has 2 aromatic heterocycles. The van der Waals surface area contributed by atoms with Crippen LogP contribution in [0.5, 0.6) is 0 Å². The molecule has 6 nitrogen and oxygen atoms in total. The number of nitrogens with zero attached hydrogens (tertiary/aromatic N) is 5. The summed E-state index contributed by atoms with van der Waals surface area (Å²) in [6.07, 6.45) is 0.408. The van der Waals surface area contributed by atoms with E-state index in [1.54, 1.807) is 22.1 Å². The quantitative estimate of drug-likeness (QED) is 0.819. The van der Waals surface area contributed by atoms with Gasteiger partial charge in [0.05, 0.1) is 5.56 Å². The summed E-state index contributed by atoms with van der Waals surface area (Å²) in [5.74, 6) is -0.0978. The second-order valence-electron chi connectivity index (χ2n) is 6.12. The molecule has 0 spiro atoms. The van der Waals surface area contributed by atoms with Crippen LogP contribution in [0.4, 0.5) is 19.1 Å². The van der Waals surface area contributed by atoms with Crippen molar-refractivity contribution < 1.29 is 18.0 Å². The predicted molar refractivity (Wildman–Crippen MR) is 88.7 cm³/mol. The van der Waals surface area contributed by atoms with Crippen LogP contribution in [0.1, 0.15) is 28.0 Å². The van der Waals surface area contributed by atoms with E-state index in [0.717, 1.165) is 17.8 Å². The number of amides is 1. The summed E-state index contributed by atoms with van der Waals surface area (Å²) in [5.41, 5.74) is 0.434. The van der Waals surface area contributed by atoms with Gasteiger partial charge in [-0.25, -0.2) is 9.97 Å². The van der Waals surface area contributed by atoms with Crippen molar-refractivity contribution in [2.24, 2.45) is 0 Å². The standard InChI is InChI=1S/C17H18F3N5O/c1-12-9-13(11-21-10-12)15(26)24-5-2-6-25(8-7-24)16-22-4-3-14(23-16)17(18,19)20/h3-4,9-11H,2,5-8H2,1H3. The molecule has 2 aromatic rings. The summed E-state index contributed by atoms with van der Waals surface area (Å²) in [7, 11) is 0. The lowest BCUT2D eigenvalue weighted by atomic mass is 10.2. The molecule has 9 heteroatoms. The van der Waals surface area contributed by atoms with Crippen LogP contribution in [0.15, 0.2) is 30.7 Å².